The fraction of sp³-hybridized carbons (Fsp3) is 0.545. The Kier molecular flexibility index (Phi) is 4.61. The second-order valence-corrected chi connectivity index (χ2v) is 8.95. The minimum Gasteiger partial charge on any atom is -0.371 e. The molecule has 30 heavy (non-hydrogen) atoms. The molecule has 4 heterocycles. The van der Waals surface area contributed by atoms with Crippen molar-refractivity contribution in [1.82, 2.24) is 15.5 Å². The van der Waals surface area contributed by atoms with Gasteiger partial charge < -0.3 is 10.2 Å². The van der Waals surface area contributed by atoms with Crippen LogP contribution in [0.5, 0.6) is 0 Å². The molecule has 158 valence electrons. The molecule has 8 nitrogen and oxygen atoms in total. The van der Waals surface area contributed by atoms with Gasteiger partial charge in [0.1, 0.15) is 6.04 Å². The summed E-state index contributed by atoms with van der Waals surface area (Å²) in [6.45, 7) is 4.00. The van der Waals surface area contributed by atoms with Crippen molar-refractivity contribution >= 4 is 29.3 Å². The summed E-state index contributed by atoms with van der Waals surface area (Å²) in [5.41, 5.74) is 1.97. The van der Waals surface area contributed by atoms with Crippen molar-refractivity contribution < 1.29 is 19.2 Å². The Morgan fingerprint density at radius 1 is 0.967 bits per heavy atom. The highest BCUT2D eigenvalue weighted by Crippen LogP contribution is 2.40. The molecule has 8 heteroatoms. The van der Waals surface area contributed by atoms with E-state index < -0.39 is 23.8 Å². The molecule has 1 spiro atoms. The lowest BCUT2D eigenvalue weighted by atomic mass is 9.73. The largest absolute Gasteiger partial charge is 0.371 e. The first kappa shape index (κ1) is 19.2. The predicted molar refractivity (Wildman–Crippen MR) is 109 cm³/mol. The summed E-state index contributed by atoms with van der Waals surface area (Å²) in [5, 5.41) is 5.67. The molecule has 0 bridgehead atoms. The number of piperidine rings is 3. The number of hydrogen-bond donors (Lipinski definition) is 2. The predicted octanol–water partition coefficient (Wildman–Crippen LogP) is 1.06. The summed E-state index contributed by atoms with van der Waals surface area (Å²) < 4.78 is 0. The number of nitrogens with zero attached hydrogens (tertiary/aromatic N) is 2. The van der Waals surface area contributed by atoms with E-state index in [1.807, 2.05) is 12.1 Å². The van der Waals surface area contributed by atoms with Crippen LogP contribution in [0.25, 0.3) is 0 Å². The van der Waals surface area contributed by atoms with Gasteiger partial charge in [0, 0.05) is 25.2 Å². The zero-order chi connectivity index (χ0) is 20.9. The number of nitrogens with one attached hydrogen (secondary N) is 2. The molecule has 1 unspecified atom stereocenters. The standard InChI is InChI=1S/C22H26N4O4/c27-18-5-4-17(19(28)24-18)26-20(29)15-3-2-14(12-16(15)21(26)30)25-11-1-6-22(13-25)7-9-23-10-8-22/h2-3,12,17,23H,1,4-11,13H2,(H,24,27,28). The van der Waals surface area contributed by atoms with Crippen LogP contribution in [0.15, 0.2) is 18.2 Å². The molecule has 2 N–H and O–H groups in total. The van der Waals surface area contributed by atoms with E-state index in [0.717, 1.165) is 56.0 Å². The zero-order valence-electron chi connectivity index (χ0n) is 16.9. The minimum absolute atomic E-state index is 0.125. The van der Waals surface area contributed by atoms with Gasteiger partial charge in [-0.05, 0) is 68.8 Å². The minimum atomic E-state index is -0.924. The second-order valence-electron chi connectivity index (χ2n) is 8.95. The smallest absolute Gasteiger partial charge is 0.262 e. The van der Waals surface area contributed by atoms with Crippen molar-refractivity contribution in [2.45, 2.75) is 44.6 Å². The third-order valence-corrected chi connectivity index (χ3v) is 7.11. The van der Waals surface area contributed by atoms with Gasteiger partial charge in [-0.1, -0.05) is 0 Å². The first-order valence-electron chi connectivity index (χ1n) is 10.8. The van der Waals surface area contributed by atoms with Crippen LogP contribution < -0.4 is 15.5 Å². The van der Waals surface area contributed by atoms with Gasteiger partial charge >= 0.3 is 0 Å². The van der Waals surface area contributed by atoms with E-state index in [1.165, 1.54) is 6.42 Å². The molecular formula is C22H26N4O4. The number of imide groups is 2. The van der Waals surface area contributed by atoms with E-state index >= 15 is 0 Å². The van der Waals surface area contributed by atoms with E-state index in [2.05, 4.69) is 15.5 Å². The molecule has 5 rings (SSSR count). The molecule has 3 fully saturated rings. The maximum absolute atomic E-state index is 13.1. The fourth-order valence-corrected chi connectivity index (χ4v) is 5.45. The van der Waals surface area contributed by atoms with Crippen LogP contribution in [0.1, 0.15) is 59.2 Å². The molecule has 0 radical (unpaired) electrons. The molecule has 1 atom stereocenters. The van der Waals surface area contributed by atoms with Crippen molar-refractivity contribution in [2.24, 2.45) is 5.41 Å². The van der Waals surface area contributed by atoms with Crippen molar-refractivity contribution in [2.75, 3.05) is 31.1 Å². The third-order valence-electron chi connectivity index (χ3n) is 7.11. The topological polar surface area (TPSA) is 98.8 Å². The first-order valence-corrected chi connectivity index (χ1v) is 10.8. The maximum atomic E-state index is 13.1. The molecule has 1 aromatic rings. The molecule has 4 aliphatic rings. The van der Waals surface area contributed by atoms with Gasteiger partial charge in [0.25, 0.3) is 11.8 Å². The highest BCUT2D eigenvalue weighted by atomic mass is 16.2. The highest BCUT2D eigenvalue weighted by molar-refractivity contribution is 6.23. The maximum Gasteiger partial charge on any atom is 0.262 e. The van der Waals surface area contributed by atoms with Crippen molar-refractivity contribution in [3.8, 4) is 0 Å². The number of amides is 4. The Hall–Kier alpha value is -2.74. The van der Waals surface area contributed by atoms with Crippen LogP contribution in [0, 0.1) is 5.41 Å². The average Bonchev–Trinajstić information content (AvgIpc) is 2.99. The fourth-order valence-electron chi connectivity index (χ4n) is 5.45. The van der Waals surface area contributed by atoms with Crippen LogP contribution in [-0.2, 0) is 9.59 Å². The summed E-state index contributed by atoms with van der Waals surface area (Å²) >= 11 is 0. The zero-order valence-corrected chi connectivity index (χ0v) is 16.9. The number of carbonyl (C=O) groups excluding carboxylic acids is 4. The van der Waals surface area contributed by atoms with E-state index in [-0.39, 0.29) is 18.7 Å². The lowest BCUT2D eigenvalue weighted by molar-refractivity contribution is -0.136. The molecule has 3 saturated heterocycles. The quantitative estimate of drug-likeness (QED) is 0.708. The number of hydrogen-bond acceptors (Lipinski definition) is 6. The molecule has 0 aromatic heterocycles. The van der Waals surface area contributed by atoms with Gasteiger partial charge in [0.15, 0.2) is 0 Å². The summed E-state index contributed by atoms with van der Waals surface area (Å²) in [6, 6.07) is 4.51. The van der Waals surface area contributed by atoms with Gasteiger partial charge in [-0.2, -0.15) is 0 Å². The molecule has 0 saturated carbocycles. The number of carbonyl (C=O) groups is 4. The van der Waals surface area contributed by atoms with Crippen LogP contribution in [0.4, 0.5) is 5.69 Å². The third kappa shape index (κ3) is 3.10. The van der Waals surface area contributed by atoms with E-state index in [4.69, 9.17) is 0 Å². The van der Waals surface area contributed by atoms with Gasteiger partial charge in [-0.15, -0.1) is 0 Å². The van der Waals surface area contributed by atoms with Crippen LogP contribution in [-0.4, -0.2) is 60.7 Å². The Bertz CT molecular complexity index is 932. The summed E-state index contributed by atoms with van der Waals surface area (Å²) in [7, 11) is 0. The van der Waals surface area contributed by atoms with Crippen LogP contribution in [0.2, 0.25) is 0 Å². The van der Waals surface area contributed by atoms with E-state index in [9.17, 15) is 19.2 Å². The lowest BCUT2D eigenvalue weighted by Gasteiger charge is -2.46. The summed E-state index contributed by atoms with van der Waals surface area (Å²) in [5.74, 6) is -1.85. The van der Waals surface area contributed by atoms with E-state index in [0.29, 0.717) is 16.5 Å². The monoisotopic (exact) mass is 410 g/mol. The molecule has 4 amide bonds. The first-order chi connectivity index (χ1) is 14.5. The number of rotatable bonds is 2. The van der Waals surface area contributed by atoms with Crippen molar-refractivity contribution in [3.05, 3.63) is 29.3 Å². The van der Waals surface area contributed by atoms with Crippen molar-refractivity contribution in [3.63, 3.8) is 0 Å². The summed E-state index contributed by atoms with van der Waals surface area (Å²) in [6.07, 6.45) is 4.97. The number of benzene rings is 1. The van der Waals surface area contributed by atoms with Crippen LogP contribution in [0.3, 0.4) is 0 Å². The van der Waals surface area contributed by atoms with Gasteiger partial charge in [0.05, 0.1) is 11.1 Å². The van der Waals surface area contributed by atoms with Gasteiger partial charge in [-0.25, -0.2) is 0 Å². The summed E-state index contributed by atoms with van der Waals surface area (Å²) in [4.78, 5) is 53.0. The van der Waals surface area contributed by atoms with E-state index in [1.54, 1.807) is 6.07 Å². The van der Waals surface area contributed by atoms with Crippen molar-refractivity contribution in [1.29, 1.82) is 0 Å². The van der Waals surface area contributed by atoms with Crippen LogP contribution >= 0.6 is 0 Å². The normalized spacial score (nSPS) is 26.2. The Labute approximate surface area is 175 Å². The molecule has 0 aliphatic carbocycles. The Balaban J connectivity index is 1.40. The number of anilines is 1. The van der Waals surface area contributed by atoms with Gasteiger partial charge in [0.2, 0.25) is 11.8 Å². The Morgan fingerprint density at radius 2 is 1.73 bits per heavy atom. The molecule has 4 aliphatic heterocycles. The highest BCUT2D eigenvalue weighted by Gasteiger charge is 2.45. The van der Waals surface area contributed by atoms with Gasteiger partial charge in [-0.3, -0.25) is 29.4 Å². The second kappa shape index (κ2) is 7.19. The number of fused-ring (bicyclic) bond motifs is 1. The average molecular weight is 410 g/mol. The molecule has 1 aromatic carbocycles. The lowest BCUT2D eigenvalue weighted by Crippen LogP contribution is -2.54. The molecular weight excluding hydrogens is 384 g/mol. The Morgan fingerprint density at radius 3 is 2.50 bits per heavy atom. The SMILES string of the molecule is O=C1CCC(N2C(=O)c3ccc(N4CCCC5(CCNCC5)C4)cc3C2=O)C(=O)N1.